The summed E-state index contributed by atoms with van der Waals surface area (Å²) in [7, 11) is 1.31. The second-order valence-corrected chi connectivity index (χ2v) is 5.68. The molecule has 0 aliphatic rings. The van der Waals surface area contributed by atoms with Gasteiger partial charge in [-0.05, 0) is 30.7 Å². The van der Waals surface area contributed by atoms with E-state index in [0.717, 1.165) is 16.5 Å². The number of amides is 1. The van der Waals surface area contributed by atoms with E-state index >= 15 is 0 Å². The summed E-state index contributed by atoms with van der Waals surface area (Å²) in [5.74, 6) is -0.713. The molecule has 134 valence electrons. The van der Waals surface area contributed by atoms with Crippen LogP contribution in [0.1, 0.15) is 22.8 Å². The van der Waals surface area contributed by atoms with E-state index in [2.05, 4.69) is 5.32 Å². The molecule has 0 aliphatic heterocycles. The Balaban J connectivity index is 1.84. The van der Waals surface area contributed by atoms with Crippen LogP contribution in [-0.4, -0.2) is 30.3 Å². The normalized spacial score (nSPS) is 10.5. The lowest BCUT2D eigenvalue weighted by molar-refractivity contribution is -0.115. The maximum absolute atomic E-state index is 12.5. The molecular formula is C20H20N2O4. The third kappa shape index (κ3) is 3.54. The summed E-state index contributed by atoms with van der Waals surface area (Å²) in [5, 5.41) is 3.75. The maximum Gasteiger partial charge on any atom is 0.339 e. The van der Waals surface area contributed by atoms with E-state index in [1.165, 1.54) is 7.11 Å². The quantitative estimate of drug-likeness (QED) is 0.692. The molecule has 0 saturated heterocycles. The Morgan fingerprint density at radius 2 is 1.81 bits per heavy atom. The van der Waals surface area contributed by atoms with Crippen molar-refractivity contribution >= 4 is 28.5 Å². The van der Waals surface area contributed by atoms with Gasteiger partial charge in [0.05, 0.1) is 30.3 Å². The minimum atomic E-state index is -0.492. The van der Waals surface area contributed by atoms with Crippen molar-refractivity contribution in [2.24, 2.45) is 0 Å². The van der Waals surface area contributed by atoms with Crippen LogP contribution in [0.2, 0.25) is 0 Å². The highest BCUT2D eigenvalue weighted by Gasteiger charge is 2.16. The number of ether oxygens (including phenoxy) is 1. The third-order valence-electron chi connectivity index (χ3n) is 3.99. The van der Waals surface area contributed by atoms with Crippen LogP contribution < -0.4 is 10.2 Å². The van der Waals surface area contributed by atoms with Gasteiger partial charge in [-0.1, -0.05) is 30.3 Å². The van der Waals surface area contributed by atoms with Crippen LogP contribution in [0, 0.1) is 0 Å². The highest BCUT2D eigenvalue weighted by Crippen LogP contribution is 2.22. The Kier molecular flexibility index (Phi) is 5.22. The minimum Gasteiger partial charge on any atom is -0.465 e. The number of rotatable bonds is 6. The molecule has 6 nitrogen and oxygen atoms in total. The fourth-order valence-electron chi connectivity index (χ4n) is 2.85. The number of aromatic nitrogens is 1. The van der Waals surface area contributed by atoms with Crippen LogP contribution >= 0.6 is 0 Å². The van der Waals surface area contributed by atoms with Crippen molar-refractivity contribution in [1.82, 2.24) is 4.73 Å². The molecule has 0 saturated carbocycles. The summed E-state index contributed by atoms with van der Waals surface area (Å²) in [6.07, 6.45) is 1.98. The Labute approximate surface area is 151 Å². The lowest BCUT2D eigenvalue weighted by Crippen LogP contribution is -2.17. The molecule has 0 atom stereocenters. The Bertz CT molecular complexity index is 946. The number of para-hydroxylation sites is 2. The standard InChI is InChI=1S/C20H20N2O4/c1-3-26-22-13-14(15-8-5-7-11-18(15)22)12-19(23)21-17-10-6-4-9-16(17)20(24)25-2/h4-11,13H,3,12H2,1-2H3,(H,21,23). The van der Waals surface area contributed by atoms with Gasteiger partial charge in [-0.3, -0.25) is 4.79 Å². The lowest BCUT2D eigenvalue weighted by Gasteiger charge is -2.09. The number of carbonyl (C=O) groups is 2. The lowest BCUT2D eigenvalue weighted by atomic mass is 10.1. The number of nitrogens with zero attached hydrogens (tertiary/aromatic N) is 1. The molecule has 6 heteroatoms. The number of methoxy groups -OCH3 is 1. The number of esters is 1. The van der Waals surface area contributed by atoms with Crippen molar-refractivity contribution in [3.05, 3.63) is 65.9 Å². The molecule has 0 fully saturated rings. The van der Waals surface area contributed by atoms with E-state index in [9.17, 15) is 9.59 Å². The summed E-state index contributed by atoms with van der Waals surface area (Å²) in [5.41, 5.74) is 2.51. The van der Waals surface area contributed by atoms with E-state index < -0.39 is 5.97 Å². The SMILES string of the molecule is CCOn1cc(CC(=O)Nc2ccccc2C(=O)OC)c2ccccc21. The number of fused-ring (bicyclic) bond motifs is 1. The second kappa shape index (κ2) is 7.74. The van der Waals surface area contributed by atoms with Gasteiger partial charge in [0.2, 0.25) is 5.91 Å². The number of benzene rings is 2. The topological polar surface area (TPSA) is 69.6 Å². The summed E-state index contributed by atoms with van der Waals surface area (Å²) in [6.45, 7) is 2.43. The van der Waals surface area contributed by atoms with E-state index in [1.807, 2.05) is 37.4 Å². The van der Waals surface area contributed by atoms with Gasteiger partial charge in [-0.25, -0.2) is 4.79 Å². The molecule has 0 spiro atoms. The first-order valence-electron chi connectivity index (χ1n) is 8.33. The summed E-state index contributed by atoms with van der Waals surface area (Å²) in [4.78, 5) is 30.0. The molecule has 0 aliphatic carbocycles. The Morgan fingerprint density at radius 1 is 1.08 bits per heavy atom. The number of hydrogen-bond acceptors (Lipinski definition) is 4. The summed E-state index contributed by atoms with van der Waals surface area (Å²) in [6, 6.07) is 14.5. The third-order valence-corrected chi connectivity index (χ3v) is 3.99. The minimum absolute atomic E-state index is 0.163. The van der Waals surface area contributed by atoms with Crippen LogP contribution in [0.5, 0.6) is 0 Å². The predicted octanol–water partition coefficient (Wildman–Crippen LogP) is 3.06. The fourth-order valence-corrected chi connectivity index (χ4v) is 2.85. The number of nitrogens with one attached hydrogen (secondary N) is 1. The first-order chi connectivity index (χ1) is 12.6. The average molecular weight is 352 g/mol. The molecule has 1 heterocycles. The van der Waals surface area contributed by atoms with Gasteiger partial charge < -0.3 is 14.9 Å². The molecule has 0 radical (unpaired) electrons. The van der Waals surface area contributed by atoms with Crippen molar-refractivity contribution in [2.45, 2.75) is 13.3 Å². The van der Waals surface area contributed by atoms with Gasteiger partial charge in [0.15, 0.2) is 0 Å². The van der Waals surface area contributed by atoms with E-state index in [-0.39, 0.29) is 12.3 Å². The van der Waals surface area contributed by atoms with Gasteiger partial charge in [-0.2, -0.15) is 4.73 Å². The molecule has 2 aromatic carbocycles. The zero-order valence-corrected chi connectivity index (χ0v) is 14.7. The number of carbonyl (C=O) groups excluding carboxylic acids is 2. The highest BCUT2D eigenvalue weighted by atomic mass is 16.7. The van der Waals surface area contributed by atoms with Gasteiger partial charge in [0.1, 0.15) is 6.61 Å². The van der Waals surface area contributed by atoms with Crippen LogP contribution in [0.25, 0.3) is 10.9 Å². The first-order valence-corrected chi connectivity index (χ1v) is 8.33. The molecule has 1 amide bonds. The van der Waals surface area contributed by atoms with E-state index in [1.54, 1.807) is 29.0 Å². The van der Waals surface area contributed by atoms with Crippen LogP contribution in [-0.2, 0) is 16.0 Å². The Hall–Kier alpha value is -3.28. The van der Waals surface area contributed by atoms with Crippen molar-refractivity contribution in [2.75, 3.05) is 19.0 Å². The second-order valence-electron chi connectivity index (χ2n) is 5.68. The van der Waals surface area contributed by atoms with Gasteiger partial charge in [0, 0.05) is 11.6 Å². The maximum atomic E-state index is 12.5. The van der Waals surface area contributed by atoms with Crippen molar-refractivity contribution in [3.63, 3.8) is 0 Å². The average Bonchev–Trinajstić information content (AvgIpc) is 2.99. The molecule has 0 unspecified atom stereocenters. The fraction of sp³-hybridized carbons (Fsp3) is 0.200. The smallest absolute Gasteiger partial charge is 0.339 e. The predicted molar refractivity (Wildman–Crippen MR) is 99.2 cm³/mol. The van der Waals surface area contributed by atoms with Crippen molar-refractivity contribution < 1.29 is 19.2 Å². The van der Waals surface area contributed by atoms with E-state index in [0.29, 0.717) is 17.9 Å². The van der Waals surface area contributed by atoms with Crippen LogP contribution in [0.3, 0.4) is 0 Å². The van der Waals surface area contributed by atoms with E-state index in [4.69, 9.17) is 9.57 Å². The Morgan fingerprint density at radius 3 is 2.58 bits per heavy atom. The van der Waals surface area contributed by atoms with Gasteiger partial charge in [-0.15, -0.1) is 0 Å². The van der Waals surface area contributed by atoms with Gasteiger partial charge in [0.25, 0.3) is 0 Å². The molecular weight excluding hydrogens is 332 g/mol. The molecule has 26 heavy (non-hydrogen) atoms. The monoisotopic (exact) mass is 352 g/mol. The van der Waals surface area contributed by atoms with Crippen molar-refractivity contribution in [1.29, 1.82) is 0 Å². The zero-order chi connectivity index (χ0) is 18.5. The molecule has 3 rings (SSSR count). The molecule has 1 aromatic heterocycles. The summed E-state index contributed by atoms with van der Waals surface area (Å²) >= 11 is 0. The molecule has 0 bridgehead atoms. The molecule has 3 aromatic rings. The molecule has 1 N–H and O–H groups in total. The summed E-state index contributed by atoms with van der Waals surface area (Å²) < 4.78 is 6.44. The highest BCUT2D eigenvalue weighted by molar-refractivity contribution is 6.02. The number of hydrogen-bond donors (Lipinski definition) is 1. The number of anilines is 1. The zero-order valence-electron chi connectivity index (χ0n) is 14.7. The van der Waals surface area contributed by atoms with Crippen LogP contribution in [0.4, 0.5) is 5.69 Å². The van der Waals surface area contributed by atoms with Crippen LogP contribution in [0.15, 0.2) is 54.7 Å². The van der Waals surface area contributed by atoms with Crippen molar-refractivity contribution in [3.8, 4) is 0 Å². The first kappa shape index (κ1) is 17.5. The largest absolute Gasteiger partial charge is 0.465 e. The van der Waals surface area contributed by atoms with Gasteiger partial charge >= 0.3 is 5.97 Å².